The largest absolute Gasteiger partial charge is 0.483 e. The van der Waals surface area contributed by atoms with Crippen LogP contribution in [-0.2, 0) is 14.8 Å². The van der Waals surface area contributed by atoms with Crippen LogP contribution in [0.4, 0.5) is 5.69 Å². The topological polar surface area (TPSA) is 93.7 Å². The Morgan fingerprint density at radius 3 is 2.22 bits per heavy atom. The first-order chi connectivity index (χ1) is 15.2. The number of nitrogens with one attached hydrogen (secondary N) is 2. The van der Waals surface area contributed by atoms with Crippen molar-refractivity contribution in [2.45, 2.75) is 31.7 Å². The quantitative estimate of drug-likeness (QED) is 0.497. The number of hydrogen-bond acceptors (Lipinski definition) is 5. The van der Waals surface area contributed by atoms with Gasteiger partial charge in [0.2, 0.25) is 10.0 Å². The van der Waals surface area contributed by atoms with Gasteiger partial charge in [0, 0.05) is 11.7 Å². The molecule has 0 saturated carbocycles. The fraction of sp³-hybridized carbons (Fsp3) is 0.208. The zero-order valence-electron chi connectivity index (χ0n) is 18.2. The lowest BCUT2D eigenvalue weighted by atomic mass is 10.2. The maximum Gasteiger partial charge on any atom is 0.262 e. The van der Waals surface area contributed by atoms with Crippen LogP contribution < -0.4 is 19.5 Å². The highest BCUT2D eigenvalue weighted by atomic mass is 32.2. The van der Waals surface area contributed by atoms with Crippen molar-refractivity contribution in [3.63, 3.8) is 0 Å². The summed E-state index contributed by atoms with van der Waals surface area (Å²) in [5.74, 6) is 1.49. The summed E-state index contributed by atoms with van der Waals surface area (Å²) in [5, 5.41) is 2.75. The molecule has 8 heteroatoms. The van der Waals surface area contributed by atoms with Crippen molar-refractivity contribution in [2.24, 2.45) is 0 Å². The molecule has 0 aromatic heterocycles. The standard InChI is InChI=1S/C24H26N2O5S/c1-17(2)26-32(28,29)22-13-14-23(18(3)15-22)30-16-24(27)25-19-9-11-21(12-10-19)31-20-7-5-4-6-8-20/h4-15,17,26H,16H2,1-3H3,(H,25,27). The molecule has 7 nitrogen and oxygen atoms in total. The lowest BCUT2D eigenvalue weighted by Gasteiger charge is -2.13. The Morgan fingerprint density at radius 1 is 0.938 bits per heavy atom. The SMILES string of the molecule is Cc1cc(S(=O)(=O)NC(C)C)ccc1OCC(=O)Nc1ccc(Oc2ccccc2)cc1. The highest BCUT2D eigenvalue weighted by Crippen LogP contribution is 2.24. The van der Waals surface area contributed by atoms with Gasteiger partial charge in [-0.05, 0) is 80.9 Å². The van der Waals surface area contributed by atoms with E-state index in [1.54, 1.807) is 51.1 Å². The maximum absolute atomic E-state index is 12.3. The Balaban J connectivity index is 1.54. The van der Waals surface area contributed by atoms with E-state index in [0.717, 1.165) is 5.75 Å². The second-order valence-electron chi connectivity index (χ2n) is 7.48. The van der Waals surface area contributed by atoms with E-state index < -0.39 is 10.0 Å². The lowest BCUT2D eigenvalue weighted by molar-refractivity contribution is -0.118. The second-order valence-corrected chi connectivity index (χ2v) is 9.19. The number of carbonyl (C=O) groups is 1. The number of amides is 1. The predicted molar refractivity (Wildman–Crippen MR) is 124 cm³/mol. The number of para-hydroxylation sites is 1. The van der Waals surface area contributed by atoms with Gasteiger partial charge in [0.25, 0.3) is 5.91 Å². The predicted octanol–water partition coefficient (Wildman–Crippen LogP) is 4.49. The number of benzene rings is 3. The first kappa shape index (κ1) is 23.3. The lowest BCUT2D eigenvalue weighted by Crippen LogP contribution is -2.30. The van der Waals surface area contributed by atoms with Crippen LogP contribution in [0.2, 0.25) is 0 Å². The van der Waals surface area contributed by atoms with Crippen LogP contribution in [0.1, 0.15) is 19.4 Å². The van der Waals surface area contributed by atoms with Crippen molar-refractivity contribution in [3.8, 4) is 17.2 Å². The Morgan fingerprint density at radius 2 is 1.59 bits per heavy atom. The van der Waals surface area contributed by atoms with E-state index in [0.29, 0.717) is 22.7 Å². The minimum Gasteiger partial charge on any atom is -0.483 e. The number of carbonyl (C=O) groups excluding carboxylic acids is 1. The zero-order chi connectivity index (χ0) is 23.1. The van der Waals surface area contributed by atoms with Gasteiger partial charge in [-0.25, -0.2) is 13.1 Å². The van der Waals surface area contributed by atoms with E-state index in [2.05, 4.69) is 10.0 Å². The normalized spacial score (nSPS) is 11.2. The number of rotatable bonds is 9. The van der Waals surface area contributed by atoms with Crippen molar-refractivity contribution in [1.82, 2.24) is 4.72 Å². The van der Waals surface area contributed by atoms with E-state index in [1.807, 2.05) is 30.3 Å². The molecular formula is C24H26N2O5S. The molecule has 0 atom stereocenters. The van der Waals surface area contributed by atoms with Gasteiger partial charge in [0.1, 0.15) is 17.2 Å². The molecule has 2 N–H and O–H groups in total. The summed E-state index contributed by atoms with van der Waals surface area (Å²) in [6.07, 6.45) is 0. The molecule has 0 saturated heterocycles. The molecular weight excluding hydrogens is 428 g/mol. The van der Waals surface area contributed by atoms with E-state index >= 15 is 0 Å². The molecule has 0 radical (unpaired) electrons. The van der Waals surface area contributed by atoms with Gasteiger partial charge in [-0.2, -0.15) is 0 Å². The van der Waals surface area contributed by atoms with Crippen LogP contribution in [0.15, 0.2) is 77.7 Å². The minimum atomic E-state index is -3.59. The maximum atomic E-state index is 12.3. The van der Waals surface area contributed by atoms with Crippen LogP contribution in [-0.4, -0.2) is 27.0 Å². The Bertz CT molecular complexity index is 1160. The molecule has 0 fully saturated rings. The second kappa shape index (κ2) is 10.3. The summed E-state index contributed by atoms with van der Waals surface area (Å²) >= 11 is 0. The molecule has 168 valence electrons. The fourth-order valence-corrected chi connectivity index (χ4v) is 4.24. The van der Waals surface area contributed by atoms with Crippen molar-refractivity contribution >= 4 is 21.6 Å². The summed E-state index contributed by atoms with van der Waals surface area (Å²) in [6.45, 7) is 5.03. The molecule has 32 heavy (non-hydrogen) atoms. The summed E-state index contributed by atoms with van der Waals surface area (Å²) in [4.78, 5) is 12.4. The number of ether oxygens (including phenoxy) is 2. The number of aryl methyl sites for hydroxylation is 1. The number of sulfonamides is 1. The van der Waals surface area contributed by atoms with Gasteiger partial charge in [-0.15, -0.1) is 0 Å². The summed E-state index contributed by atoms with van der Waals surface area (Å²) in [5.41, 5.74) is 1.23. The smallest absolute Gasteiger partial charge is 0.262 e. The van der Waals surface area contributed by atoms with E-state index in [1.165, 1.54) is 12.1 Å². The van der Waals surface area contributed by atoms with Gasteiger partial charge >= 0.3 is 0 Å². The number of hydrogen-bond donors (Lipinski definition) is 2. The fourth-order valence-electron chi connectivity index (χ4n) is 2.90. The van der Waals surface area contributed by atoms with Crippen molar-refractivity contribution in [1.29, 1.82) is 0 Å². The average Bonchev–Trinajstić information content (AvgIpc) is 2.74. The van der Waals surface area contributed by atoms with Crippen LogP contribution in [0.5, 0.6) is 17.2 Å². The molecule has 0 aliphatic rings. The summed E-state index contributed by atoms with van der Waals surface area (Å²) < 4.78 is 38.4. The highest BCUT2D eigenvalue weighted by molar-refractivity contribution is 7.89. The number of anilines is 1. The Labute approximate surface area is 188 Å². The van der Waals surface area contributed by atoms with Crippen molar-refractivity contribution in [2.75, 3.05) is 11.9 Å². The molecule has 3 aromatic carbocycles. The molecule has 0 aliphatic carbocycles. The van der Waals surface area contributed by atoms with E-state index in [9.17, 15) is 13.2 Å². The van der Waals surface area contributed by atoms with Gasteiger partial charge < -0.3 is 14.8 Å². The van der Waals surface area contributed by atoms with Gasteiger partial charge in [0.05, 0.1) is 4.90 Å². The molecule has 3 aromatic rings. The molecule has 3 rings (SSSR count). The molecule has 0 unspecified atom stereocenters. The highest BCUT2D eigenvalue weighted by Gasteiger charge is 2.17. The third kappa shape index (κ3) is 6.57. The molecule has 0 heterocycles. The monoisotopic (exact) mass is 454 g/mol. The Kier molecular flexibility index (Phi) is 7.50. The van der Waals surface area contributed by atoms with Crippen LogP contribution >= 0.6 is 0 Å². The summed E-state index contributed by atoms with van der Waals surface area (Å²) in [7, 11) is -3.59. The van der Waals surface area contributed by atoms with E-state index in [4.69, 9.17) is 9.47 Å². The Hall–Kier alpha value is -3.36. The van der Waals surface area contributed by atoms with Crippen LogP contribution in [0.25, 0.3) is 0 Å². The minimum absolute atomic E-state index is 0.151. The molecule has 0 aliphatic heterocycles. The van der Waals surface area contributed by atoms with Crippen molar-refractivity contribution in [3.05, 3.63) is 78.4 Å². The van der Waals surface area contributed by atoms with Crippen molar-refractivity contribution < 1.29 is 22.7 Å². The molecule has 0 spiro atoms. The van der Waals surface area contributed by atoms with Gasteiger partial charge in [-0.1, -0.05) is 18.2 Å². The van der Waals surface area contributed by atoms with Gasteiger partial charge in [-0.3, -0.25) is 4.79 Å². The first-order valence-electron chi connectivity index (χ1n) is 10.1. The molecule has 0 bridgehead atoms. The first-order valence-corrected chi connectivity index (χ1v) is 11.6. The van der Waals surface area contributed by atoms with E-state index in [-0.39, 0.29) is 23.5 Å². The van der Waals surface area contributed by atoms with Crippen LogP contribution in [0, 0.1) is 6.92 Å². The third-order valence-corrected chi connectivity index (χ3v) is 5.98. The molecule has 1 amide bonds. The average molecular weight is 455 g/mol. The van der Waals surface area contributed by atoms with Crippen LogP contribution in [0.3, 0.4) is 0 Å². The summed E-state index contributed by atoms with van der Waals surface area (Å²) in [6, 6.07) is 20.7. The van der Waals surface area contributed by atoms with Gasteiger partial charge in [0.15, 0.2) is 6.61 Å². The third-order valence-electron chi connectivity index (χ3n) is 4.32. The zero-order valence-corrected chi connectivity index (χ0v) is 19.0.